The molecular weight excluding hydrogens is 516 g/mol. The molecule has 3 atom stereocenters. The van der Waals surface area contributed by atoms with Gasteiger partial charge in [-0.1, -0.05) is 13.3 Å². The number of aliphatic hydroxyl groups excluding tert-OH is 1. The number of benzene rings is 1. The molecular formula is C29H46N4O7. The molecule has 0 aromatic heterocycles. The van der Waals surface area contributed by atoms with E-state index in [9.17, 15) is 24.6 Å². The predicted molar refractivity (Wildman–Crippen MR) is 150 cm³/mol. The number of carboxylic acids is 1. The largest absolute Gasteiger partial charge is 0.481 e. The first kappa shape index (κ1) is 31.6. The summed E-state index contributed by atoms with van der Waals surface area (Å²) in [6, 6.07) is 3.12. The van der Waals surface area contributed by atoms with E-state index in [4.69, 9.17) is 9.47 Å². The lowest BCUT2D eigenvalue weighted by Gasteiger charge is -2.31. The van der Waals surface area contributed by atoms with Crippen LogP contribution in [0.1, 0.15) is 56.6 Å². The second kappa shape index (κ2) is 14.7. The van der Waals surface area contributed by atoms with Crippen LogP contribution >= 0.6 is 0 Å². The molecule has 2 aliphatic heterocycles. The van der Waals surface area contributed by atoms with Gasteiger partial charge in [-0.15, -0.1) is 0 Å². The Morgan fingerprint density at radius 3 is 2.40 bits per heavy atom. The quantitative estimate of drug-likeness (QED) is 0.330. The fourth-order valence-corrected chi connectivity index (χ4v) is 5.67. The summed E-state index contributed by atoms with van der Waals surface area (Å²) in [6.07, 6.45) is 3.16. The molecule has 0 aliphatic carbocycles. The number of fused-ring (bicyclic) bond motifs is 1. The number of aliphatic hydroxyl groups is 1. The normalized spacial score (nSPS) is 20.2. The fraction of sp³-hybridized carbons (Fsp3) is 0.690. The Kier molecular flexibility index (Phi) is 11.6. The molecule has 0 unspecified atom stereocenters. The maximum Gasteiger partial charge on any atom is 0.308 e. The minimum Gasteiger partial charge on any atom is -0.481 e. The third kappa shape index (κ3) is 7.86. The molecule has 11 nitrogen and oxygen atoms in total. The van der Waals surface area contributed by atoms with Crippen LogP contribution in [-0.2, 0) is 21.0 Å². The Morgan fingerprint density at radius 2 is 1.77 bits per heavy atom. The van der Waals surface area contributed by atoms with Crippen LogP contribution in [0.5, 0.6) is 11.5 Å². The molecule has 2 heterocycles. The van der Waals surface area contributed by atoms with Gasteiger partial charge in [-0.05, 0) is 57.6 Å². The van der Waals surface area contributed by atoms with Crippen molar-refractivity contribution < 1.29 is 34.1 Å². The van der Waals surface area contributed by atoms with Gasteiger partial charge >= 0.3 is 5.97 Å². The summed E-state index contributed by atoms with van der Waals surface area (Å²) in [6.45, 7) is 6.40. The number of carbonyl (C=O) groups is 3. The zero-order valence-electron chi connectivity index (χ0n) is 24.6. The number of aliphatic carboxylic acids is 1. The zero-order chi connectivity index (χ0) is 29.4. The summed E-state index contributed by atoms with van der Waals surface area (Å²) >= 11 is 0. The summed E-state index contributed by atoms with van der Waals surface area (Å²) in [5, 5.41) is 20.4. The maximum absolute atomic E-state index is 13.6. The second-order valence-corrected chi connectivity index (χ2v) is 11.2. The van der Waals surface area contributed by atoms with Gasteiger partial charge in [-0.25, -0.2) is 0 Å². The van der Waals surface area contributed by atoms with Crippen LogP contribution in [0.15, 0.2) is 12.1 Å². The Hall–Kier alpha value is -2.89. The molecule has 0 radical (unpaired) electrons. The van der Waals surface area contributed by atoms with Crippen molar-refractivity contribution in [3.8, 4) is 11.5 Å². The van der Waals surface area contributed by atoms with Crippen LogP contribution in [0.2, 0.25) is 0 Å². The number of hydrogen-bond acceptors (Lipinski definition) is 8. The van der Waals surface area contributed by atoms with Crippen LogP contribution in [0.3, 0.4) is 0 Å². The predicted octanol–water partition coefficient (Wildman–Crippen LogP) is 1.83. The Morgan fingerprint density at radius 1 is 1.05 bits per heavy atom. The first-order valence-corrected chi connectivity index (χ1v) is 14.2. The summed E-state index contributed by atoms with van der Waals surface area (Å²) in [7, 11) is 5.72. The third-order valence-electron chi connectivity index (χ3n) is 8.01. The minimum absolute atomic E-state index is 0.0105. The molecule has 2 amide bonds. The lowest BCUT2D eigenvalue weighted by Crippen LogP contribution is -2.46. The molecule has 0 bridgehead atoms. The highest BCUT2D eigenvalue weighted by atomic mass is 16.7. The van der Waals surface area contributed by atoms with Crippen molar-refractivity contribution in [3.63, 3.8) is 0 Å². The number of hydrogen-bond donors (Lipinski definition) is 2. The molecule has 1 fully saturated rings. The SMILES string of the molecule is CCCCN(CCCN(C)C)C(=O)CN1C[C@H](c2cc(CO)c3c(c2)OCO3)[C@@H](C(=O)O)[C@@H]1CCN(C)C(C)=O. The Bertz CT molecular complexity index is 1030. The van der Waals surface area contributed by atoms with E-state index in [1.807, 2.05) is 23.9 Å². The van der Waals surface area contributed by atoms with Crippen molar-refractivity contribution in [2.45, 2.75) is 58.1 Å². The molecule has 0 saturated carbocycles. The topological polar surface area (TPSA) is 123 Å². The minimum atomic E-state index is -0.951. The smallest absolute Gasteiger partial charge is 0.308 e. The number of rotatable bonds is 15. The standard InChI is InChI=1S/C29H46N4O7/c1-6-7-11-32(12-8-10-30(3)4)26(36)17-33-16-23(21-14-22(18-34)28-25(15-21)39-19-40-28)27(29(37)38)24(33)9-13-31(5)20(2)35/h14-15,23-24,27,34H,6-13,16-19H2,1-5H3,(H,37,38)/t23-,24+,27-/m1/s1. The molecule has 2 aliphatic rings. The molecule has 224 valence electrons. The van der Waals surface area contributed by atoms with E-state index in [2.05, 4.69) is 11.8 Å². The van der Waals surface area contributed by atoms with Gasteiger partial charge in [-0.3, -0.25) is 19.3 Å². The molecule has 1 aromatic rings. The summed E-state index contributed by atoms with van der Waals surface area (Å²) < 4.78 is 11.1. The second-order valence-electron chi connectivity index (χ2n) is 11.2. The van der Waals surface area contributed by atoms with E-state index in [0.29, 0.717) is 49.7 Å². The van der Waals surface area contributed by atoms with Gasteiger partial charge in [0.2, 0.25) is 18.6 Å². The first-order valence-electron chi connectivity index (χ1n) is 14.2. The number of ether oxygens (including phenoxy) is 2. The van der Waals surface area contributed by atoms with Crippen molar-refractivity contribution in [1.82, 2.24) is 19.6 Å². The average molecular weight is 563 g/mol. The third-order valence-corrected chi connectivity index (χ3v) is 8.01. The Labute approximate surface area is 237 Å². The van der Waals surface area contributed by atoms with Gasteiger partial charge in [0.1, 0.15) is 0 Å². The van der Waals surface area contributed by atoms with Crippen molar-refractivity contribution in [1.29, 1.82) is 0 Å². The molecule has 3 rings (SSSR count). The molecule has 40 heavy (non-hydrogen) atoms. The highest BCUT2D eigenvalue weighted by molar-refractivity contribution is 5.79. The van der Waals surface area contributed by atoms with Crippen LogP contribution in [-0.4, -0.2) is 121 Å². The molecule has 1 aromatic carbocycles. The number of carboxylic acid groups (broad SMARTS) is 1. The molecule has 1 saturated heterocycles. The van der Waals surface area contributed by atoms with Crippen molar-refractivity contribution >= 4 is 17.8 Å². The Balaban J connectivity index is 1.90. The van der Waals surface area contributed by atoms with E-state index in [1.54, 1.807) is 24.1 Å². The van der Waals surface area contributed by atoms with Gasteiger partial charge in [0.15, 0.2) is 11.5 Å². The summed E-state index contributed by atoms with van der Waals surface area (Å²) in [5.74, 6) is -1.34. The number of carbonyl (C=O) groups excluding carboxylic acids is 2. The molecule has 2 N–H and O–H groups in total. The van der Waals surface area contributed by atoms with Gasteiger partial charge < -0.3 is 34.4 Å². The van der Waals surface area contributed by atoms with Gasteiger partial charge in [-0.2, -0.15) is 0 Å². The summed E-state index contributed by atoms with van der Waals surface area (Å²) in [5.41, 5.74) is 1.28. The number of likely N-dealkylation sites (tertiary alicyclic amines) is 1. The van der Waals surface area contributed by atoms with E-state index < -0.39 is 23.8 Å². The van der Waals surface area contributed by atoms with E-state index in [0.717, 1.165) is 31.4 Å². The monoisotopic (exact) mass is 562 g/mol. The fourth-order valence-electron chi connectivity index (χ4n) is 5.67. The van der Waals surface area contributed by atoms with Crippen LogP contribution in [0.25, 0.3) is 0 Å². The van der Waals surface area contributed by atoms with Gasteiger partial charge in [0.05, 0.1) is 19.1 Å². The highest BCUT2D eigenvalue weighted by Crippen LogP contribution is 2.44. The zero-order valence-corrected chi connectivity index (χ0v) is 24.6. The van der Waals surface area contributed by atoms with Crippen LogP contribution < -0.4 is 9.47 Å². The summed E-state index contributed by atoms with van der Waals surface area (Å²) in [4.78, 5) is 45.9. The van der Waals surface area contributed by atoms with Crippen molar-refractivity contribution in [3.05, 3.63) is 23.3 Å². The van der Waals surface area contributed by atoms with Crippen molar-refractivity contribution in [2.24, 2.45) is 5.92 Å². The van der Waals surface area contributed by atoms with Crippen LogP contribution in [0.4, 0.5) is 0 Å². The van der Waals surface area contributed by atoms with Crippen LogP contribution in [0, 0.1) is 5.92 Å². The van der Waals surface area contributed by atoms with E-state index >= 15 is 0 Å². The molecule has 11 heteroatoms. The lowest BCUT2D eigenvalue weighted by molar-refractivity contribution is -0.144. The number of unbranched alkanes of at least 4 members (excludes halogenated alkanes) is 1. The average Bonchev–Trinajstić information content (AvgIpc) is 3.52. The number of amides is 2. The van der Waals surface area contributed by atoms with E-state index in [1.165, 1.54) is 6.92 Å². The maximum atomic E-state index is 13.6. The molecule has 0 spiro atoms. The highest BCUT2D eigenvalue weighted by Gasteiger charge is 2.47. The van der Waals surface area contributed by atoms with Crippen molar-refractivity contribution in [2.75, 3.05) is 67.2 Å². The van der Waals surface area contributed by atoms with Gasteiger partial charge in [0.25, 0.3) is 0 Å². The first-order chi connectivity index (χ1) is 19.1. The lowest BCUT2D eigenvalue weighted by atomic mass is 9.83. The number of nitrogens with zero attached hydrogens (tertiary/aromatic N) is 4. The van der Waals surface area contributed by atoms with E-state index in [-0.39, 0.29) is 31.8 Å². The van der Waals surface area contributed by atoms with Gasteiger partial charge in [0, 0.05) is 57.7 Å².